The predicted molar refractivity (Wildman–Crippen MR) is 121 cm³/mol. The number of aliphatic hydroxyl groups is 1. The molecule has 2 aromatic carbocycles. The second-order valence-electron chi connectivity index (χ2n) is 8.56. The number of benzene rings is 2. The number of aliphatic hydroxyl groups excluding tert-OH is 1. The lowest BCUT2D eigenvalue weighted by atomic mass is 9.92. The van der Waals surface area contributed by atoms with E-state index < -0.39 is 17.1 Å². The molecule has 1 aliphatic rings. The van der Waals surface area contributed by atoms with Crippen molar-refractivity contribution >= 4 is 17.0 Å². The highest BCUT2D eigenvalue weighted by Gasteiger charge is 2.31. The topological polar surface area (TPSA) is 120 Å². The van der Waals surface area contributed by atoms with Gasteiger partial charge < -0.3 is 29.6 Å². The summed E-state index contributed by atoms with van der Waals surface area (Å²) in [6.45, 7) is 9.12. The lowest BCUT2D eigenvalue weighted by molar-refractivity contribution is 0.153. The normalized spacial score (nSPS) is 15.2. The van der Waals surface area contributed by atoms with E-state index in [1.807, 2.05) is 19.9 Å². The Kier molecular flexibility index (Phi) is 5.02. The molecule has 3 aromatic rings. The molecule has 0 radical (unpaired) electrons. The first-order valence-electron chi connectivity index (χ1n) is 10.1. The maximum atomic E-state index is 13.4. The Bertz CT molecular complexity index is 1340. The molecule has 0 saturated heterocycles. The van der Waals surface area contributed by atoms with Crippen LogP contribution in [-0.2, 0) is 6.42 Å². The molecule has 4 rings (SSSR count). The van der Waals surface area contributed by atoms with Crippen molar-refractivity contribution in [1.82, 2.24) is 0 Å². The summed E-state index contributed by atoms with van der Waals surface area (Å²) in [7, 11) is 0. The van der Waals surface area contributed by atoms with Gasteiger partial charge in [0.25, 0.3) is 0 Å². The molecule has 0 amide bonds. The number of rotatable bonds is 4. The fourth-order valence-electron chi connectivity index (χ4n) is 3.74. The Morgan fingerprint density at radius 2 is 1.91 bits per heavy atom. The fraction of sp³-hybridized carbons (Fsp3) is 0.240. The lowest BCUT2D eigenvalue weighted by Gasteiger charge is -2.30. The quantitative estimate of drug-likeness (QED) is 0.452. The molecule has 2 heterocycles. The molecule has 0 bridgehead atoms. The van der Waals surface area contributed by atoms with Crippen LogP contribution in [0.3, 0.4) is 0 Å². The summed E-state index contributed by atoms with van der Waals surface area (Å²) in [5.74, 6) is -0.503. The Hall–Kier alpha value is -3.71. The van der Waals surface area contributed by atoms with E-state index in [0.29, 0.717) is 16.9 Å². The van der Waals surface area contributed by atoms with Gasteiger partial charge in [-0.25, -0.2) is 0 Å². The van der Waals surface area contributed by atoms with Gasteiger partial charge in [0.05, 0.1) is 17.2 Å². The minimum Gasteiger partial charge on any atom is -0.508 e. The molecule has 32 heavy (non-hydrogen) atoms. The van der Waals surface area contributed by atoms with E-state index >= 15 is 0 Å². The first-order valence-corrected chi connectivity index (χ1v) is 10.1. The smallest absolute Gasteiger partial charge is 0.204 e. The molecule has 1 unspecified atom stereocenters. The Morgan fingerprint density at radius 1 is 1.19 bits per heavy atom. The van der Waals surface area contributed by atoms with Gasteiger partial charge in [0, 0.05) is 23.6 Å². The zero-order valence-electron chi connectivity index (χ0n) is 18.0. The average molecular weight is 436 g/mol. The monoisotopic (exact) mass is 436 g/mol. The van der Waals surface area contributed by atoms with Gasteiger partial charge in [-0.2, -0.15) is 0 Å². The molecule has 1 aliphatic heterocycles. The van der Waals surface area contributed by atoms with Crippen LogP contribution in [0, 0.1) is 0 Å². The van der Waals surface area contributed by atoms with Gasteiger partial charge in [0.15, 0.2) is 5.58 Å². The van der Waals surface area contributed by atoms with Crippen molar-refractivity contribution in [3.63, 3.8) is 0 Å². The number of aromatic hydroxyl groups is 3. The molecular weight excluding hydrogens is 412 g/mol. The van der Waals surface area contributed by atoms with Crippen LogP contribution in [0.2, 0.25) is 0 Å². The van der Waals surface area contributed by atoms with E-state index in [2.05, 4.69) is 6.58 Å². The van der Waals surface area contributed by atoms with Crippen LogP contribution >= 0.6 is 0 Å². The number of hydrogen-bond donors (Lipinski definition) is 4. The summed E-state index contributed by atoms with van der Waals surface area (Å²) in [4.78, 5) is 13.4. The molecule has 0 fully saturated rings. The summed E-state index contributed by atoms with van der Waals surface area (Å²) in [5, 5.41) is 41.3. The number of ether oxygens (including phenoxy) is 1. The molecular formula is C25H24O7. The molecule has 7 heteroatoms. The molecule has 7 nitrogen and oxygen atoms in total. The van der Waals surface area contributed by atoms with Gasteiger partial charge in [0.2, 0.25) is 5.43 Å². The number of hydrogen-bond acceptors (Lipinski definition) is 7. The minimum atomic E-state index is -0.962. The maximum absolute atomic E-state index is 13.4. The molecule has 1 aromatic heterocycles. The van der Waals surface area contributed by atoms with Gasteiger partial charge in [-0.05, 0) is 45.1 Å². The van der Waals surface area contributed by atoms with Gasteiger partial charge in [-0.3, -0.25) is 4.79 Å². The summed E-state index contributed by atoms with van der Waals surface area (Å²) in [6, 6.07) is 3.83. The molecule has 0 aliphatic carbocycles. The predicted octanol–water partition coefficient (Wildman–Crippen LogP) is 4.24. The van der Waals surface area contributed by atoms with E-state index in [1.54, 1.807) is 13.0 Å². The molecule has 4 N–H and O–H groups in total. The third-order valence-corrected chi connectivity index (χ3v) is 5.53. The van der Waals surface area contributed by atoms with E-state index in [-0.39, 0.29) is 51.3 Å². The number of phenolic OH excluding ortho intramolecular Hbond substituents is 3. The second-order valence-corrected chi connectivity index (χ2v) is 8.56. The van der Waals surface area contributed by atoms with Crippen LogP contribution in [0.25, 0.3) is 28.2 Å². The molecule has 1 atom stereocenters. The van der Waals surface area contributed by atoms with Crippen molar-refractivity contribution in [3.05, 3.63) is 64.0 Å². The van der Waals surface area contributed by atoms with Crippen LogP contribution < -0.4 is 10.2 Å². The zero-order chi connectivity index (χ0) is 23.4. The van der Waals surface area contributed by atoms with Gasteiger partial charge in [-0.15, -0.1) is 0 Å². The van der Waals surface area contributed by atoms with E-state index in [0.717, 1.165) is 6.07 Å². The van der Waals surface area contributed by atoms with Gasteiger partial charge in [0.1, 0.15) is 40.2 Å². The third-order valence-electron chi connectivity index (χ3n) is 5.53. The first-order chi connectivity index (χ1) is 15.0. The number of fused-ring (bicyclic) bond motifs is 3. The van der Waals surface area contributed by atoms with Crippen molar-refractivity contribution in [2.24, 2.45) is 0 Å². The van der Waals surface area contributed by atoms with Crippen LogP contribution in [0.4, 0.5) is 0 Å². The molecule has 166 valence electrons. The first kappa shape index (κ1) is 21.5. The highest BCUT2D eigenvalue weighted by atomic mass is 16.5. The van der Waals surface area contributed by atoms with Gasteiger partial charge in [-0.1, -0.05) is 12.2 Å². The summed E-state index contributed by atoms with van der Waals surface area (Å²) in [6.07, 6.45) is 3.79. The Morgan fingerprint density at radius 3 is 2.56 bits per heavy atom. The van der Waals surface area contributed by atoms with Crippen molar-refractivity contribution in [1.29, 1.82) is 0 Å². The highest BCUT2D eigenvalue weighted by Crippen LogP contribution is 2.45. The van der Waals surface area contributed by atoms with E-state index in [1.165, 1.54) is 18.4 Å². The molecule has 0 saturated carbocycles. The Balaban J connectivity index is 2.05. The van der Waals surface area contributed by atoms with E-state index in [4.69, 9.17) is 9.15 Å². The summed E-state index contributed by atoms with van der Waals surface area (Å²) >= 11 is 0. The standard InChI is InChI=1S/C25H24O7/c1-12(2)18(27)10-16-21(29)20-22(30)17(14-6-5-13(26)9-19(14)28)11-31-24(20)15-7-8-25(3,4)32-23(15)16/h5-9,11,18,26-29H,1,10H2,2-4H3. The average Bonchev–Trinajstić information content (AvgIpc) is 2.70. The lowest BCUT2D eigenvalue weighted by Crippen LogP contribution is -2.29. The van der Waals surface area contributed by atoms with Gasteiger partial charge >= 0.3 is 0 Å². The zero-order valence-corrected chi connectivity index (χ0v) is 18.0. The largest absolute Gasteiger partial charge is 0.508 e. The van der Waals surface area contributed by atoms with Crippen molar-refractivity contribution < 1.29 is 29.6 Å². The van der Waals surface area contributed by atoms with Crippen LogP contribution in [0.1, 0.15) is 31.9 Å². The SMILES string of the molecule is C=C(C)C(O)Cc1c2c(c3occ(-c4ccc(O)cc4O)c(=O)c3c1O)C=CC(C)(C)O2. The molecule has 0 spiro atoms. The summed E-state index contributed by atoms with van der Waals surface area (Å²) in [5.41, 5.74) is 0.276. The number of phenols is 3. The van der Waals surface area contributed by atoms with Crippen molar-refractivity contribution in [2.75, 3.05) is 0 Å². The minimum absolute atomic E-state index is 0.0117. The summed E-state index contributed by atoms with van der Waals surface area (Å²) < 4.78 is 11.9. The van der Waals surface area contributed by atoms with Crippen molar-refractivity contribution in [2.45, 2.75) is 38.9 Å². The van der Waals surface area contributed by atoms with Crippen LogP contribution in [0.5, 0.6) is 23.0 Å². The van der Waals surface area contributed by atoms with Crippen LogP contribution in [-0.4, -0.2) is 32.1 Å². The maximum Gasteiger partial charge on any atom is 0.204 e. The highest BCUT2D eigenvalue weighted by molar-refractivity contribution is 5.97. The van der Waals surface area contributed by atoms with E-state index in [9.17, 15) is 25.2 Å². The van der Waals surface area contributed by atoms with Crippen LogP contribution in [0.15, 0.2) is 51.9 Å². The fourth-order valence-corrected chi connectivity index (χ4v) is 3.74. The van der Waals surface area contributed by atoms with Crippen molar-refractivity contribution in [3.8, 4) is 34.1 Å². The third kappa shape index (κ3) is 3.50. The Labute approximate surface area is 184 Å². The second kappa shape index (κ2) is 7.46.